The zero-order valence-electron chi connectivity index (χ0n) is 9.13. The van der Waals surface area contributed by atoms with Gasteiger partial charge in [-0.15, -0.1) is 0 Å². The van der Waals surface area contributed by atoms with Crippen LogP contribution in [0.4, 0.5) is 0 Å². The lowest BCUT2D eigenvalue weighted by molar-refractivity contribution is 0.913. The number of aromatic nitrogens is 2. The predicted molar refractivity (Wildman–Crippen MR) is 68.9 cm³/mol. The van der Waals surface area contributed by atoms with E-state index in [1.807, 2.05) is 6.92 Å². The number of nitrogens with zero attached hydrogens (tertiary/aromatic N) is 1. The summed E-state index contributed by atoms with van der Waals surface area (Å²) < 4.78 is 0. The van der Waals surface area contributed by atoms with Crippen LogP contribution in [0.15, 0.2) is 29.1 Å². The van der Waals surface area contributed by atoms with Gasteiger partial charge in [-0.1, -0.05) is 23.2 Å². The molecule has 0 saturated heterocycles. The van der Waals surface area contributed by atoms with Gasteiger partial charge in [-0.25, -0.2) is 5.10 Å². The van der Waals surface area contributed by atoms with Gasteiger partial charge in [0.25, 0.3) is 5.56 Å². The van der Waals surface area contributed by atoms with Gasteiger partial charge in [0.2, 0.25) is 0 Å². The lowest BCUT2D eigenvalue weighted by Gasteiger charge is -2.03. The van der Waals surface area contributed by atoms with Crippen LogP contribution >= 0.6 is 23.2 Å². The largest absolute Gasteiger partial charge is 0.268 e. The van der Waals surface area contributed by atoms with Crippen LogP contribution < -0.4 is 5.56 Å². The van der Waals surface area contributed by atoms with Crippen molar-refractivity contribution in [1.82, 2.24) is 10.2 Å². The molecule has 2 rings (SSSR count). The number of hydrogen-bond donors (Lipinski definition) is 1. The first-order valence-corrected chi connectivity index (χ1v) is 5.80. The topological polar surface area (TPSA) is 45.8 Å². The maximum atomic E-state index is 11.6. The first kappa shape index (κ1) is 12.1. The van der Waals surface area contributed by atoms with Gasteiger partial charge in [-0.3, -0.25) is 4.79 Å². The molecule has 0 unspecified atom stereocenters. The van der Waals surface area contributed by atoms with E-state index in [0.29, 0.717) is 22.0 Å². The number of halogens is 2. The summed E-state index contributed by atoms with van der Waals surface area (Å²) >= 11 is 11.8. The first-order valence-electron chi connectivity index (χ1n) is 5.05. The summed E-state index contributed by atoms with van der Waals surface area (Å²) in [7, 11) is 0. The second-order valence-electron chi connectivity index (χ2n) is 3.82. The minimum Gasteiger partial charge on any atom is -0.268 e. The third-order valence-corrected chi connectivity index (χ3v) is 2.76. The summed E-state index contributed by atoms with van der Waals surface area (Å²) in [5.74, 6) is 0. The van der Waals surface area contributed by atoms with E-state index in [9.17, 15) is 4.79 Å². The van der Waals surface area contributed by atoms with Crippen LogP contribution in [0.25, 0.3) is 0 Å². The second-order valence-corrected chi connectivity index (χ2v) is 4.69. The van der Waals surface area contributed by atoms with Gasteiger partial charge in [0.1, 0.15) is 0 Å². The number of aromatic amines is 1. The van der Waals surface area contributed by atoms with Gasteiger partial charge in [-0.2, -0.15) is 5.10 Å². The number of hydrogen-bond acceptors (Lipinski definition) is 2. The predicted octanol–water partition coefficient (Wildman–Crippen LogP) is 2.98. The molecule has 0 atom stereocenters. The highest BCUT2D eigenvalue weighted by Gasteiger charge is 2.04. The number of H-pyrrole nitrogens is 1. The Labute approximate surface area is 108 Å². The molecule has 1 aromatic carbocycles. The molecule has 88 valence electrons. The molecular formula is C12H10Cl2N2O. The number of rotatable bonds is 2. The third kappa shape index (κ3) is 3.08. The van der Waals surface area contributed by atoms with Gasteiger partial charge >= 0.3 is 0 Å². The van der Waals surface area contributed by atoms with Crippen molar-refractivity contribution in [3.05, 3.63) is 61.5 Å². The summed E-state index contributed by atoms with van der Waals surface area (Å²) in [4.78, 5) is 11.6. The maximum Gasteiger partial charge on any atom is 0.267 e. The van der Waals surface area contributed by atoms with E-state index in [2.05, 4.69) is 10.2 Å². The van der Waals surface area contributed by atoms with E-state index < -0.39 is 0 Å². The average Bonchev–Trinajstić information content (AvgIpc) is 2.22. The van der Waals surface area contributed by atoms with Crippen LogP contribution in [0.1, 0.15) is 16.8 Å². The van der Waals surface area contributed by atoms with Crippen molar-refractivity contribution in [2.24, 2.45) is 0 Å². The Balaban J connectivity index is 2.37. The van der Waals surface area contributed by atoms with E-state index in [4.69, 9.17) is 23.2 Å². The average molecular weight is 269 g/mol. The molecule has 0 fully saturated rings. The van der Waals surface area contributed by atoms with E-state index >= 15 is 0 Å². The molecule has 0 saturated carbocycles. The summed E-state index contributed by atoms with van der Waals surface area (Å²) in [6, 6.07) is 7.01. The Morgan fingerprint density at radius 3 is 2.47 bits per heavy atom. The van der Waals surface area contributed by atoms with Gasteiger partial charge in [0, 0.05) is 22.0 Å². The highest BCUT2D eigenvalue weighted by atomic mass is 35.5. The Morgan fingerprint density at radius 2 is 1.82 bits per heavy atom. The third-order valence-electron chi connectivity index (χ3n) is 2.33. The molecule has 0 radical (unpaired) electrons. The Bertz CT molecular complexity index is 587. The molecule has 2 aromatic rings. The summed E-state index contributed by atoms with van der Waals surface area (Å²) in [5.41, 5.74) is 2.13. The molecular weight excluding hydrogens is 259 g/mol. The number of benzene rings is 1. The molecule has 0 aliphatic carbocycles. The van der Waals surface area contributed by atoms with E-state index in [1.165, 1.54) is 0 Å². The fraction of sp³-hybridized carbons (Fsp3) is 0.167. The SMILES string of the molecule is Cc1cc(Cc2cc(Cl)cc(Cl)c2)c(=O)[nH]n1. The minimum atomic E-state index is -0.188. The van der Waals surface area contributed by atoms with Crippen LogP contribution in [0, 0.1) is 6.92 Å². The van der Waals surface area contributed by atoms with E-state index in [1.54, 1.807) is 24.3 Å². The van der Waals surface area contributed by atoms with Crippen molar-refractivity contribution in [3.8, 4) is 0 Å². The quantitative estimate of drug-likeness (QED) is 0.910. The summed E-state index contributed by atoms with van der Waals surface area (Å²) in [6.07, 6.45) is 0.485. The molecule has 0 bridgehead atoms. The van der Waals surface area contributed by atoms with Crippen molar-refractivity contribution in [1.29, 1.82) is 0 Å². The number of nitrogens with one attached hydrogen (secondary N) is 1. The van der Waals surface area contributed by atoms with Crippen LogP contribution in [0.5, 0.6) is 0 Å². The van der Waals surface area contributed by atoms with Crippen LogP contribution in [0.2, 0.25) is 10.0 Å². The maximum absolute atomic E-state index is 11.6. The number of aryl methyl sites for hydroxylation is 1. The first-order chi connectivity index (χ1) is 8.04. The van der Waals surface area contributed by atoms with Crippen LogP contribution in [-0.2, 0) is 6.42 Å². The van der Waals surface area contributed by atoms with Crippen molar-refractivity contribution in [2.75, 3.05) is 0 Å². The smallest absolute Gasteiger partial charge is 0.267 e. The Morgan fingerprint density at radius 1 is 1.18 bits per heavy atom. The Kier molecular flexibility index (Phi) is 3.50. The monoisotopic (exact) mass is 268 g/mol. The highest BCUT2D eigenvalue weighted by Crippen LogP contribution is 2.20. The molecule has 0 spiro atoms. The van der Waals surface area contributed by atoms with Crippen LogP contribution in [-0.4, -0.2) is 10.2 Å². The molecule has 0 aliphatic rings. The highest BCUT2D eigenvalue weighted by molar-refractivity contribution is 6.34. The molecule has 1 heterocycles. The molecule has 1 aromatic heterocycles. The summed E-state index contributed by atoms with van der Waals surface area (Å²) in [5, 5.41) is 7.40. The van der Waals surface area contributed by atoms with E-state index in [0.717, 1.165) is 11.3 Å². The standard InChI is InChI=1S/C12H10Cl2N2O/c1-7-2-9(12(17)16-15-7)3-8-4-10(13)6-11(14)5-8/h2,4-6H,3H2,1H3,(H,16,17). The normalized spacial score (nSPS) is 10.5. The van der Waals surface area contributed by atoms with Crippen molar-refractivity contribution < 1.29 is 0 Å². The van der Waals surface area contributed by atoms with Gasteiger partial charge in [0.05, 0.1) is 5.69 Å². The fourth-order valence-corrected chi connectivity index (χ4v) is 2.20. The van der Waals surface area contributed by atoms with Crippen molar-refractivity contribution >= 4 is 23.2 Å². The zero-order valence-corrected chi connectivity index (χ0v) is 10.6. The molecule has 0 amide bonds. The van der Waals surface area contributed by atoms with Gasteiger partial charge in [0.15, 0.2) is 0 Å². The zero-order chi connectivity index (χ0) is 12.4. The lowest BCUT2D eigenvalue weighted by atomic mass is 10.1. The second kappa shape index (κ2) is 4.90. The molecule has 0 aliphatic heterocycles. The van der Waals surface area contributed by atoms with Crippen molar-refractivity contribution in [2.45, 2.75) is 13.3 Å². The fourth-order valence-electron chi connectivity index (χ4n) is 1.62. The van der Waals surface area contributed by atoms with Gasteiger partial charge in [-0.05, 0) is 36.8 Å². The molecule has 1 N–H and O–H groups in total. The summed E-state index contributed by atoms with van der Waals surface area (Å²) in [6.45, 7) is 1.82. The van der Waals surface area contributed by atoms with Crippen LogP contribution in [0.3, 0.4) is 0 Å². The molecule has 5 heteroatoms. The molecule has 3 nitrogen and oxygen atoms in total. The van der Waals surface area contributed by atoms with E-state index in [-0.39, 0.29) is 5.56 Å². The van der Waals surface area contributed by atoms with Crippen molar-refractivity contribution in [3.63, 3.8) is 0 Å². The van der Waals surface area contributed by atoms with Gasteiger partial charge < -0.3 is 0 Å². The lowest BCUT2D eigenvalue weighted by Crippen LogP contribution is -2.15. The minimum absolute atomic E-state index is 0.188. The Hall–Kier alpha value is -1.32. The molecule has 17 heavy (non-hydrogen) atoms.